The number of aliphatic hydroxyl groups is 1. The third kappa shape index (κ3) is 5.04. The largest absolute Gasteiger partial charge is 0.392 e. The number of hydrogen-bond donors (Lipinski definition) is 1. The van der Waals surface area contributed by atoms with Crippen molar-refractivity contribution in [3.63, 3.8) is 0 Å². The maximum atomic E-state index is 12.2. The fourth-order valence-corrected chi connectivity index (χ4v) is 3.68. The molecule has 0 atom stereocenters. The van der Waals surface area contributed by atoms with Crippen LogP contribution < -0.4 is 0 Å². The predicted molar refractivity (Wildman–Crippen MR) is 88.2 cm³/mol. The number of hydrogen-bond acceptors (Lipinski definition) is 3. The molecule has 0 heterocycles. The molecule has 0 unspecified atom stereocenters. The van der Waals surface area contributed by atoms with Gasteiger partial charge in [0.05, 0.1) is 12.4 Å². The lowest BCUT2D eigenvalue weighted by Crippen LogP contribution is -2.39. The van der Waals surface area contributed by atoms with Crippen molar-refractivity contribution in [1.82, 2.24) is 4.90 Å². The average molecular weight is 307 g/mol. The van der Waals surface area contributed by atoms with Crippen LogP contribution in [0.4, 0.5) is 0 Å². The Balaban J connectivity index is 1.72. The van der Waals surface area contributed by atoms with E-state index in [4.69, 9.17) is 5.11 Å². The second-order valence-corrected chi connectivity index (χ2v) is 6.75. The summed E-state index contributed by atoms with van der Waals surface area (Å²) in [5, 5.41) is 9.01. The summed E-state index contributed by atoms with van der Waals surface area (Å²) in [7, 11) is 1.95. The summed E-state index contributed by atoms with van der Waals surface area (Å²) in [6.07, 6.45) is 6.15. The highest BCUT2D eigenvalue weighted by molar-refractivity contribution is 7.99. The zero-order valence-electron chi connectivity index (χ0n) is 12.8. The molecule has 1 N–H and O–H groups in total. The highest BCUT2D eigenvalue weighted by Crippen LogP contribution is 2.22. The number of carbonyl (C=O) groups is 1. The van der Waals surface area contributed by atoms with Crippen LogP contribution in [0.25, 0.3) is 0 Å². The van der Waals surface area contributed by atoms with Crippen molar-refractivity contribution in [3.8, 4) is 0 Å². The van der Waals surface area contributed by atoms with Crippen molar-refractivity contribution in [2.75, 3.05) is 12.8 Å². The molecule has 1 saturated carbocycles. The number of rotatable bonds is 6. The SMILES string of the molecule is CN(C(=O)CSCc1ccc(CO)cc1)C1CCCCC1. The minimum Gasteiger partial charge on any atom is -0.392 e. The van der Waals surface area contributed by atoms with Crippen molar-refractivity contribution < 1.29 is 9.90 Å². The van der Waals surface area contributed by atoms with Gasteiger partial charge in [-0.3, -0.25) is 4.79 Å². The highest BCUT2D eigenvalue weighted by Gasteiger charge is 2.21. The molecule has 0 bridgehead atoms. The Labute approximate surface area is 131 Å². The van der Waals surface area contributed by atoms with Crippen LogP contribution in [-0.4, -0.2) is 34.8 Å². The minimum absolute atomic E-state index is 0.0814. The Morgan fingerprint density at radius 2 is 1.81 bits per heavy atom. The number of benzene rings is 1. The summed E-state index contributed by atoms with van der Waals surface area (Å²) in [5.74, 6) is 1.64. The van der Waals surface area contributed by atoms with Crippen molar-refractivity contribution >= 4 is 17.7 Å². The summed E-state index contributed by atoms with van der Waals surface area (Å²) in [6, 6.07) is 8.37. The van der Waals surface area contributed by atoms with Crippen LogP contribution in [0.3, 0.4) is 0 Å². The van der Waals surface area contributed by atoms with Crippen molar-refractivity contribution in [2.45, 2.75) is 50.5 Å². The lowest BCUT2D eigenvalue weighted by Gasteiger charge is -2.31. The Morgan fingerprint density at radius 3 is 2.43 bits per heavy atom. The second-order valence-electron chi connectivity index (χ2n) is 5.76. The highest BCUT2D eigenvalue weighted by atomic mass is 32.2. The molecule has 0 aromatic heterocycles. The standard InChI is InChI=1S/C17H25NO2S/c1-18(16-5-3-2-4-6-16)17(20)13-21-12-15-9-7-14(11-19)8-10-15/h7-10,16,19H,2-6,11-13H2,1H3. The van der Waals surface area contributed by atoms with E-state index < -0.39 is 0 Å². The van der Waals surface area contributed by atoms with Gasteiger partial charge in [-0.2, -0.15) is 0 Å². The van der Waals surface area contributed by atoms with E-state index in [0.29, 0.717) is 11.8 Å². The second kappa shape index (κ2) is 8.44. The molecule has 3 nitrogen and oxygen atoms in total. The van der Waals surface area contributed by atoms with E-state index in [0.717, 1.165) is 24.2 Å². The number of carbonyl (C=O) groups excluding carboxylic acids is 1. The first-order valence-corrected chi connectivity index (χ1v) is 8.88. The lowest BCUT2D eigenvalue weighted by atomic mass is 9.94. The molecule has 1 amide bonds. The third-order valence-electron chi connectivity index (χ3n) is 4.22. The molecule has 1 aliphatic rings. The summed E-state index contributed by atoms with van der Waals surface area (Å²) in [6.45, 7) is 0.0814. The van der Waals surface area contributed by atoms with Crippen LogP contribution in [0.2, 0.25) is 0 Å². The van der Waals surface area contributed by atoms with Gasteiger partial charge >= 0.3 is 0 Å². The number of nitrogens with zero attached hydrogens (tertiary/aromatic N) is 1. The summed E-state index contributed by atoms with van der Waals surface area (Å²) >= 11 is 1.67. The molecule has 0 radical (unpaired) electrons. The molecule has 1 aromatic carbocycles. The first kappa shape index (κ1) is 16.4. The van der Waals surface area contributed by atoms with Crippen molar-refractivity contribution in [3.05, 3.63) is 35.4 Å². The summed E-state index contributed by atoms with van der Waals surface area (Å²) in [4.78, 5) is 14.2. The Hall–Kier alpha value is -1.00. The number of amides is 1. The van der Waals surface area contributed by atoms with Gasteiger partial charge < -0.3 is 10.0 Å². The van der Waals surface area contributed by atoms with E-state index >= 15 is 0 Å². The lowest BCUT2D eigenvalue weighted by molar-refractivity contribution is -0.129. The van der Waals surface area contributed by atoms with E-state index in [1.165, 1.54) is 24.8 Å². The van der Waals surface area contributed by atoms with Gasteiger partial charge in [0, 0.05) is 18.8 Å². The van der Waals surface area contributed by atoms with Crippen LogP contribution in [0.1, 0.15) is 43.2 Å². The molecule has 1 aliphatic carbocycles. The molecule has 4 heteroatoms. The van der Waals surface area contributed by atoms with Crippen molar-refractivity contribution in [2.24, 2.45) is 0 Å². The molecule has 21 heavy (non-hydrogen) atoms. The predicted octanol–water partition coefficient (Wildman–Crippen LogP) is 3.20. The monoisotopic (exact) mass is 307 g/mol. The topological polar surface area (TPSA) is 40.5 Å². The van der Waals surface area contributed by atoms with Crippen LogP contribution in [0.5, 0.6) is 0 Å². The summed E-state index contributed by atoms with van der Waals surface area (Å²) in [5.41, 5.74) is 2.13. The zero-order chi connectivity index (χ0) is 15.1. The molecule has 0 saturated heterocycles. The van der Waals surface area contributed by atoms with E-state index in [9.17, 15) is 4.79 Å². The first-order valence-electron chi connectivity index (χ1n) is 7.73. The Morgan fingerprint density at radius 1 is 1.19 bits per heavy atom. The Kier molecular flexibility index (Phi) is 6.58. The molecule has 1 fully saturated rings. The first-order chi connectivity index (χ1) is 10.2. The molecule has 2 rings (SSSR count). The van der Waals surface area contributed by atoms with Gasteiger partial charge in [0.1, 0.15) is 0 Å². The van der Waals surface area contributed by atoms with Gasteiger partial charge in [-0.1, -0.05) is 43.5 Å². The van der Waals surface area contributed by atoms with Gasteiger partial charge in [0.25, 0.3) is 0 Å². The molecule has 116 valence electrons. The fraction of sp³-hybridized carbons (Fsp3) is 0.588. The maximum Gasteiger partial charge on any atom is 0.232 e. The smallest absolute Gasteiger partial charge is 0.232 e. The van der Waals surface area contributed by atoms with Crippen LogP contribution in [-0.2, 0) is 17.2 Å². The molecular formula is C17H25NO2S. The maximum absolute atomic E-state index is 12.2. The number of thioether (sulfide) groups is 1. The molecule has 0 aliphatic heterocycles. The zero-order valence-corrected chi connectivity index (χ0v) is 13.6. The quantitative estimate of drug-likeness (QED) is 0.877. The van der Waals surface area contributed by atoms with E-state index in [1.807, 2.05) is 36.2 Å². The van der Waals surface area contributed by atoms with Crippen LogP contribution in [0, 0.1) is 0 Å². The van der Waals surface area contributed by atoms with Gasteiger partial charge in [-0.15, -0.1) is 11.8 Å². The van der Waals surface area contributed by atoms with E-state index in [2.05, 4.69) is 0 Å². The summed E-state index contributed by atoms with van der Waals surface area (Å²) < 4.78 is 0. The minimum atomic E-state index is 0.0814. The van der Waals surface area contributed by atoms with Crippen LogP contribution >= 0.6 is 11.8 Å². The van der Waals surface area contributed by atoms with Crippen LogP contribution in [0.15, 0.2) is 24.3 Å². The Bertz CT molecular complexity index is 441. The van der Waals surface area contributed by atoms with Crippen molar-refractivity contribution in [1.29, 1.82) is 0 Å². The third-order valence-corrected chi connectivity index (χ3v) is 5.20. The van der Waals surface area contributed by atoms with Gasteiger partial charge in [-0.05, 0) is 24.0 Å². The fourth-order valence-electron chi connectivity index (χ4n) is 2.77. The van der Waals surface area contributed by atoms with E-state index in [1.54, 1.807) is 11.8 Å². The average Bonchev–Trinajstić information content (AvgIpc) is 2.55. The normalized spacial score (nSPS) is 15.9. The van der Waals surface area contributed by atoms with E-state index in [-0.39, 0.29) is 12.5 Å². The molecule has 1 aromatic rings. The molecular weight excluding hydrogens is 282 g/mol. The number of aliphatic hydroxyl groups excluding tert-OH is 1. The molecule has 0 spiro atoms. The van der Waals surface area contributed by atoms with Gasteiger partial charge in [0.2, 0.25) is 5.91 Å². The van der Waals surface area contributed by atoms with Gasteiger partial charge in [-0.25, -0.2) is 0 Å². The van der Waals surface area contributed by atoms with Gasteiger partial charge in [0.15, 0.2) is 0 Å².